The van der Waals surface area contributed by atoms with Crippen molar-refractivity contribution in [2.45, 2.75) is 6.42 Å². The first kappa shape index (κ1) is 15.8. The van der Waals surface area contributed by atoms with E-state index in [0.717, 1.165) is 4.90 Å². The molecule has 1 aromatic heterocycles. The molecular formula is C17H15N3O4. The third kappa shape index (κ3) is 2.77. The molecule has 122 valence electrons. The molecule has 1 aromatic carbocycles. The molecule has 0 atom stereocenters. The van der Waals surface area contributed by atoms with Crippen molar-refractivity contribution in [2.24, 2.45) is 0 Å². The number of carbonyl (C=O) groups excluding carboxylic acids is 3. The Kier molecular flexibility index (Phi) is 4.35. The summed E-state index contributed by atoms with van der Waals surface area (Å²) >= 11 is 0. The third-order valence-electron chi connectivity index (χ3n) is 3.66. The first-order valence-electron chi connectivity index (χ1n) is 7.46. The monoisotopic (exact) mass is 325 g/mol. The number of nitrogens with one attached hydrogen (secondary N) is 1. The van der Waals surface area contributed by atoms with Gasteiger partial charge in [-0.15, -0.1) is 0 Å². The van der Waals surface area contributed by atoms with Gasteiger partial charge in [-0.05, 0) is 42.8 Å². The van der Waals surface area contributed by atoms with Crippen LogP contribution in [0.1, 0.15) is 37.6 Å². The Morgan fingerprint density at radius 3 is 2.54 bits per heavy atom. The smallest absolute Gasteiger partial charge is 0.284 e. The van der Waals surface area contributed by atoms with Gasteiger partial charge in [0.05, 0.1) is 11.3 Å². The second kappa shape index (κ2) is 6.59. The van der Waals surface area contributed by atoms with Gasteiger partial charge >= 0.3 is 0 Å². The fourth-order valence-corrected chi connectivity index (χ4v) is 2.45. The number of amides is 3. The van der Waals surface area contributed by atoms with E-state index in [4.69, 9.17) is 5.11 Å². The van der Waals surface area contributed by atoms with E-state index in [2.05, 4.69) is 10.3 Å². The van der Waals surface area contributed by atoms with Gasteiger partial charge in [-0.25, -0.2) is 4.90 Å². The maximum Gasteiger partial charge on any atom is 0.284 e. The van der Waals surface area contributed by atoms with Gasteiger partial charge in [0.25, 0.3) is 17.7 Å². The van der Waals surface area contributed by atoms with E-state index in [0.29, 0.717) is 24.2 Å². The van der Waals surface area contributed by atoms with Gasteiger partial charge in [0, 0.05) is 24.9 Å². The molecule has 0 unspecified atom stereocenters. The number of carbonyl (C=O) groups is 3. The highest BCUT2D eigenvalue weighted by Gasteiger charge is 2.37. The Balaban J connectivity index is 1.79. The molecule has 2 N–H and O–H groups in total. The van der Waals surface area contributed by atoms with Gasteiger partial charge in [0.15, 0.2) is 0 Å². The predicted molar refractivity (Wildman–Crippen MR) is 85.9 cm³/mol. The van der Waals surface area contributed by atoms with Crippen LogP contribution in [0.4, 0.5) is 5.69 Å². The van der Waals surface area contributed by atoms with Crippen LogP contribution in [0.3, 0.4) is 0 Å². The van der Waals surface area contributed by atoms with E-state index in [1.807, 2.05) is 0 Å². The van der Waals surface area contributed by atoms with E-state index in [-0.39, 0.29) is 23.8 Å². The molecule has 3 amide bonds. The second-order valence-corrected chi connectivity index (χ2v) is 5.23. The number of aromatic nitrogens is 1. The molecule has 1 aliphatic rings. The fourth-order valence-electron chi connectivity index (χ4n) is 2.45. The van der Waals surface area contributed by atoms with Crippen molar-refractivity contribution in [1.29, 1.82) is 0 Å². The molecular weight excluding hydrogens is 310 g/mol. The number of benzene rings is 1. The lowest BCUT2D eigenvalue weighted by Crippen LogP contribution is -2.29. The summed E-state index contributed by atoms with van der Waals surface area (Å²) in [6.45, 7) is 0.383. The number of aliphatic hydroxyl groups excluding tert-OH is 1. The molecule has 24 heavy (non-hydrogen) atoms. The van der Waals surface area contributed by atoms with E-state index in [1.165, 1.54) is 6.20 Å². The van der Waals surface area contributed by atoms with Crippen molar-refractivity contribution in [3.05, 3.63) is 59.4 Å². The zero-order valence-corrected chi connectivity index (χ0v) is 12.7. The van der Waals surface area contributed by atoms with E-state index in [1.54, 1.807) is 36.4 Å². The average Bonchev–Trinajstić information content (AvgIpc) is 2.87. The number of hydrogen-bond donors (Lipinski definition) is 2. The lowest BCUT2D eigenvalue weighted by molar-refractivity contribution is 0.0921. The molecule has 3 rings (SSSR count). The highest BCUT2D eigenvalue weighted by atomic mass is 16.3. The summed E-state index contributed by atoms with van der Waals surface area (Å²) < 4.78 is 0. The molecule has 2 heterocycles. The number of anilines is 1. The van der Waals surface area contributed by atoms with Crippen LogP contribution in [-0.4, -0.2) is 41.0 Å². The largest absolute Gasteiger partial charge is 0.396 e. The van der Waals surface area contributed by atoms with Crippen LogP contribution in [0.25, 0.3) is 0 Å². The van der Waals surface area contributed by atoms with E-state index >= 15 is 0 Å². The van der Waals surface area contributed by atoms with Crippen molar-refractivity contribution < 1.29 is 19.5 Å². The van der Waals surface area contributed by atoms with Gasteiger partial charge in [0.2, 0.25) is 0 Å². The predicted octanol–water partition coefficient (Wildman–Crippen LogP) is 0.994. The molecule has 0 saturated carbocycles. The van der Waals surface area contributed by atoms with E-state index < -0.39 is 11.8 Å². The highest BCUT2D eigenvalue weighted by molar-refractivity contribution is 6.33. The Morgan fingerprint density at radius 2 is 1.88 bits per heavy atom. The molecule has 0 aliphatic carbocycles. The summed E-state index contributed by atoms with van der Waals surface area (Å²) in [5.41, 5.74) is 1.20. The zero-order chi connectivity index (χ0) is 17.1. The standard InChI is InChI=1S/C17H15N3O4/c21-10-2-9-19-15(22)11-4-6-12(7-5-11)20-16(23)13-3-1-8-18-14(13)17(20)24/h1,3-8,21H,2,9-10H2,(H,19,22). The fraction of sp³-hybridized carbons (Fsp3) is 0.176. The van der Waals surface area contributed by atoms with Crippen LogP contribution in [0, 0.1) is 0 Å². The summed E-state index contributed by atoms with van der Waals surface area (Å²) in [4.78, 5) is 41.6. The molecule has 1 aliphatic heterocycles. The number of rotatable bonds is 5. The first-order chi connectivity index (χ1) is 11.6. The van der Waals surface area contributed by atoms with E-state index in [9.17, 15) is 14.4 Å². The van der Waals surface area contributed by atoms with Crippen molar-refractivity contribution in [3.8, 4) is 0 Å². The van der Waals surface area contributed by atoms with Crippen LogP contribution < -0.4 is 10.2 Å². The molecule has 0 fully saturated rings. The molecule has 2 aromatic rings. The maximum atomic E-state index is 12.4. The van der Waals surface area contributed by atoms with Crippen LogP contribution in [0.2, 0.25) is 0 Å². The summed E-state index contributed by atoms with van der Waals surface area (Å²) in [7, 11) is 0. The number of imide groups is 1. The molecule has 0 spiro atoms. The van der Waals surface area contributed by atoms with Crippen LogP contribution in [-0.2, 0) is 0 Å². The van der Waals surface area contributed by atoms with Crippen LogP contribution >= 0.6 is 0 Å². The number of aliphatic hydroxyl groups is 1. The molecule has 7 nitrogen and oxygen atoms in total. The quantitative estimate of drug-likeness (QED) is 0.631. The Bertz CT molecular complexity index is 767. The van der Waals surface area contributed by atoms with Crippen molar-refractivity contribution in [3.63, 3.8) is 0 Å². The lowest BCUT2D eigenvalue weighted by Gasteiger charge is -2.14. The number of fused-ring (bicyclic) bond motifs is 1. The number of nitrogens with zero attached hydrogens (tertiary/aromatic N) is 2. The molecule has 7 heteroatoms. The first-order valence-corrected chi connectivity index (χ1v) is 7.46. The third-order valence-corrected chi connectivity index (χ3v) is 3.66. The molecule has 0 radical (unpaired) electrons. The van der Waals surface area contributed by atoms with Crippen LogP contribution in [0.15, 0.2) is 42.6 Å². The normalized spacial score (nSPS) is 13.1. The van der Waals surface area contributed by atoms with Gasteiger partial charge in [-0.2, -0.15) is 0 Å². The summed E-state index contributed by atoms with van der Waals surface area (Å²) in [5.74, 6) is -1.18. The second-order valence-electron chi connectivity index (χ2n) is 5.23. The minimum atomic E-state index is -0.476. The molecule has 0 bridgehead atoms. The zero-order valence-electron chi connectivity index (χ0n) is 12.7. The summed E-state index contributed by atoms with van der Waals surface area (Å²) in [6.07, 6.45) is 1.94. The SMILES string of the molecule is O=C(NCCCO)c1ccc(N2C(=O)c3cccnc3C2=O)cc1. The average molecular weight is 325 g/mol. The Morgan fingerprint density at radius 1 is 1.12 bits per heavy atom. The minimum absolute atomic E-state index is 0.00694. The molecule has 0 saturated heterocycles. The maximum absolute atomic E-state index is 12.4. The van der Waals surface area contributed by atoms with Gasteiger partial charge in [-0.1, -0.05) is 0 Å². The minimum Gasteiger partial charge on any atom is -0.396 e. The van der Waals surface area contributed by atoms with Gasteiger partial charge in [-0.3, -0.25) is 19.4 Å². The van der Waals surface area contributed by atoms with Crippen molar-refractivity contribution in [2.75, 3.05) is 18.1 Å². The van der Waals surface area contributed by atoms with Crippen LogP contribution in [0.5, 0.6) is 0 Å². The number of hydrogen-bond acceptors (Lipinski definition) is 5. The van der Waals surface area contributed by atoms with Gasteiger partial charge in [0.1, 0.15) is 5.69 Å². The Labute approximate surface area is 137 Å². The highest BCUT2D eigenvalue weighted by Crippen LogP contribution is 2.27. The van der Waals surface area contributed by atoms with Crippen molar-refractivity contribution in [1.82, 2.24) is 10.3 Å². The summed E-state index contributed by atoms with van der Waals surface area (Å²) in [5, 5.41) is 11.4. The van der Waals surface area contributed by atoms with Gasteiger partial charge < -0.3 is 10.4 Å². The Hall–Kier alpha value is -3.06. The van der Waals surface area contributed by atoms with Crippen molar-refractivity contribution >= 4 is 23.4 Å². The number of pyridine rings is 1. The lowest BCUT2D eigenvalue weighted by atomic mass is 10.2. The summed E-state index contributed by atoms with van der Waals surface area (Å²) in [6, 6.07) is 9.34. The topological polar surface area (TPSA) is 99.6 Å².